The van der Waals surface area contributed by atoms with Crippen LogP contribution in [0.25, 0.3) is 0 Å². The van der Waals surface area contributed by atoms with Crippen molar-refractivity contribution >= 4 is 0 Å². The van der Waals surface area contributed by atoms with Gasteiger partial charge in [-0.1, -0.05) is 12.2 Å². The number of hydrogen-bond acceptors (Lipinski definition) is 2. The van der Waals surface area contributed by atoms with Gasteiger partial charge in [-0.2, -0.15) is 0 Å². The largest absolute Gasteiger partial charge is 0.369 e. The minimum absolute atomic E-state index is 0.543. The van der Waals surface area contributed by atoms with Gasteiger partial charge in [-0.3, -0.25) is 0 Å². The van der Waals surface area contributed by atoms with Gasteiger partial charge in [0.2, 0.25) is 0 Å². The van der Waals surface area contributed by atoms with Crippen LogP contribution in [0, 0.1) is 0 Å². The van der Waals surface area contributed by atoms with E-state index in [1.807, 2.05) is 0 Å². The quantitative estimate of drug-likeness (QED) is 0.571. The van der Waals surface area contributed by atoms with Crippen molar-refractivity contribution in [3.8, 4) is 0 Å². The molecule has 0 spiro atoms. The molecule has 2 aliphatic rings. The molecule has 1 aliphatic carbocycles. The summed E-state index contributed by atoms with van der Waals surface area (Å²) in [6, 6.07) is 0.543. The van der Waals surface area contributed by atoms with Gasteiger partial charge in [0.05, 0.1) is 5.82 Å². The maximum absolute atomic E-state index is 3.90. The molecular formula is C10H16N2. The van der Waals surface area contributed by atoms with Crippen molar-refractivity contribution in [2.75, 3.05) is 0 Å². The highest BCUT2D eigenvalue weighted by Gasteiger charge is 2.20. The lowest BCUT2D eigenvalue weighted by molar-refractivity contribution is 0.500. The second kappa shape index (κ2) is 2.85. The molecule has 1 atom stereocenters. The molecule has 1 heterocycles. The van der Waals surface area contributed by atoms with Crippen molar-refractivity contribution in [2.45, 2.75) is 38.6 Å². The predicted molar refractivity (Wildman–Crippen MR) is 50.4 cm³/mol. The van der Waals surface area contributed by atoms with Crippen molar-refractivity contribution < 1.29 is 0 Å². The fourth-order valence-electron chi connectivity index (χ4n) is 1.81. The molecule has 66 valence electrons. The van der Waals surface area contributed by atoms with Gasteiger partial charge in [-0.05, 0) is 26.2 Å². The fraction of sp³-hybridized carbons (Fsp3) is 0.600. The van der Waals surface area contributed by atoms with Crippen LogP contribution in [-0.4, -0.2) is 6.04 Å². The van der Waals surface area contributed by atoms with Gasteiger partial charge in [0.1, 0.15) is 0 Å². The Morgan fingerprint density at radius 3 is 2.67 bits per heavy atom. The Hall–Kier alpha value is -0.920. The van der Waals surface area contributed by atoms with Crippen LogP contribution in [0.5, 0.6) is 0 Å². The van der Waals surface area contributed by atoms with Gasteiger partial charge in [-0.15, -0.1) is 0 Å². The molecule has 1 unspecified atom stereocenters. The summed E-state index contributed by atoms with van der Waals surface area (Å²) in [7, 11) is 0. The number of nitrogens with one attached hydrogen (secondary N) is 2. The zero-order valence-corrected chi connectivity index (χ0v) is 7.61. The van der Waals surface area contributed by atoms with Crippen molar-refractivity contribution in [1.29, 1.82) is 0 Å². The number of rotatable bonds is 0. The van der Waals surface area contributed by atoms with E-state index < -0.39 is 0 Å². The van der Waals surface area contributed by atoms with Crippen LogP contribution in [0.4, 0.5) is 0 Å². The highest BCUT2D eigenvalue weighted by molar-refractivity contribution is 5.24. The van der Waals surface area contributed by atoms with Crippen LogP contribution in [0.2, 0.25) is 0 Å². The highest BCUT2D eigenvalue weighted by Crippen LogP contribution is 2.30. The summed E-state index contributed by atoms with van der Waals surface area (Å²) in [6.45, 7) is 6.10. The smallest absolute Gasteiger partial charge is 0.0956 e. The van der Waals surface area contributed by atoms with E-state index in [9.17, 15) is 0 Å². The third-order valence-electron chi connectivity index (χ3n) is 2.62. The average Bonchev–Trinajstić information content (AvgIpc) is 1.79. The molecule has 0 aromatic heterocycles. The summed E-state index contributed by atoms with van der Waals surface area (Å²) in [5.74, 6) is 0.961. The van der Waals surface area contributed by atoms with Crippen molar-refractivity contribution in [2.24, 2.45) is 0 Å². The van der Waals surface area contributed by atoms with Crippen LogP contribution in [0.15, 0.2) is 23.7 Å². The molecule has 2 rings (SSSR count). The molecule has 0 bridgehead atoms. The van der Waals surface area contributed by atoms with E-state index in [0.29, 0.717) is 6.04 Å². The van der Waals surface area contributed by atoms with E-state index in [1.165, 1.54) is 25.0 Å². The van der Waals surface area contributed by atoms with Crippen molar-refractivity contribution in [3.05, 3.63) is 23.7 Å². The Morgan fingerprint density at radius 1 is 1.42 bits per heavy atom. The second-order valence-electron chi connectivity index (χ2n) is 3.79. The van der Waals surface area contributed by atoms with Crippen LogP contribution in [-0.2, 0) is 0 Å². The topological polar surface area (TPSA) is 24.1 Å². The number of allylic oxidation sites excluding steroid dienone is 1. The Kier molecular flexibility index (Phi) is 1.83. The fourth-order valence-corrected chi connectivity index (χ4v) is 1.81. The van der Waals surface area contributed by atoms with Crippen molar-refractivity contribution in [1.82, 2.24) is 10.6 Å². The minimum atomic E-state index is 0.543. The SMILES string of the molecule is C=C1NC(=C2CCC2)CC(C)N1. The third kappa shape index (κ3) is 1.33. The Morgan fingerprint density at radius 2 is 2.17 bits per heavy atom. The van der Waals surface area contributed by atoms with Crippen molar-refractivity contribution in [3.63, 3.8) is 0 Å². The lowest BCUT2D eigenvalue weighted by atomic mass is 9.88. The van der Waals surface area contributed by atoms with Gasteiger partial charge < -0.3 is 10.6 Å². The van der Waals surface area contributed by atoms with Gasteiger partial charge in [0.15, 0.2) is 0 Å². The summed E-state index contributed by atoms with van der Waals surface area (Å²) in [5.41, 5.74) is 3.04. The summed E-state index contributed by atoms with van der Waals surface area (Å²) in [5, 5.41) is 6.60. The van der Waals surface area contributed by atoms with Gasteiger partial charge in [-0.25, -0.2) is 0 Å². The molecule has 0 aromatic rings. The first kappa shape index (κ1) is 7.71. The zero-order valence-electron chi connectivity index (χ0n) is 7.61. The maximum Gasteiger partial charge on any atom is 0.0956 e. The van der Waals surface area contributed by atoms with E-state index in [2.05, 4.69) is 24.1 Å². The molecule has 12 heavy (non-hydrogen) atoms. The standard InChI is InChI=1S/C10H16N2/c1-7-6-10(9-4-3-5-9)12-8(2)11-7/h7,11-12H,2-6H2,1H3. The van der Waals surface area contributed by atoms with Gasteiger partial charge in [0, 0.05) is 18.2 Å². The van der Waals surface area contributed by atoms with E-state index in [4.69, 9.17) is 0 Å². The summed E-state index contributed by atoms with van der Waals surface area (Å²) >= 11 is 0. The molecule has 1 saturated carbocycles. The molecule has 0 amide bonds. The first-order valence-corrected chi connectivity index (χ1v) is 4.69. The lowest BCUT2D eigenvalue weighted by Crippen LogP contribution is -2.40. The first-order valence-electron chi connectivity index (χ1n) is 4.69. The Labute approximate surface area is 73.7 Å². The summed E-state index contributed by atoms with van der Waals surface area (Å²) < 4.78 is 0. The number of hydrogen-bond donors (Lipinski definition) is 2. The molecule has 0 aromatic carbocycles. The van der Waals surface area contributed by atoms with Crippen LogP contribution < -0.4 is 10.6 Å². The van der Waals surface area contributed by atoms with E-state index >= 15 is 0 Å². The molecule has 2 heteroatoms. The van der Waals surface area contributed by atoms with E-state index in [-0.39, 0.29) is 0 Å². The lowest BCUT2D eigenvalue weighted by Gasteiger charge is -2.31. The molecule has 0 radical (unpaired) electrons. The second-order valence-corrected chi connectivity index (χ2v) is 3.79. The average molecular weight is 164 g/mol. The van der Waals surface area contributed by atoms with E-state index in [0.717, 1.165) is 12.2 Å². The van der Waals surface area contributed by atoms with Crippen LogP contribution >= 0.6 is 0 Å². The van der Waals surface area contributed by atoms with Gasteiger partial charge in [0.25, 0.3) is 0 Å². The Bertz CT molecular complexity index is 234. The molecule has 1 aliphatic heterocycles. The zero-order chi connectivity index (χ0) is 8.55. The molecular weight excluding hydrogens is 148 g/mol. The maximum atomic E-state index is 3.90. The molecule has 2 N–H and O–H groups in total. The molecule has 2 fully saturated rings. The first-order chi connectivity index (χ1) is 5.75. The van der Waals surface area contributed by atoms with Gasteiger partial charge >= 0.3 is 0 Å². The minimum Gasteiger partial charge on any atom is -0.369 e. The van der Waals surface area contributed by atoms with Crippen LogP contribution in [0.3, 0.4) is 0 Å². The summed E-state index contributed by atoms with van der Waals surface area (Å²) in [4.78, 5) is 0. The predicted octanol–water partition coefficient (Wildman–Crippen LogP) is 1.87. The molecule has 1 saturated heterocycles. The van der Waals surface area contributed by atoms with Crippen LogP contribution in [0.1, 0.15) is 32.6 Å². The normalized spacial score (nSPS) is 29.1. The monoisotopic (exact) mass is 164 g/mol. The summed E-state index contributed by atoms with van der Waals surface area (Å²) in [6.07, 6.45) is 5.09. The molecule has 2 nitrogen and oxygen atoms in total. The highest BCUT2D eigenvalue weighted by atomic mass is 15.1. The third-order valence-corrected chi connectivity index (χ3v) is 2.62. The van der Waals surface area contributed by atoms with E-state index in [1.54, 1.807) is 5.57 Å². The Balaban J connectivity index is 2.11.